The van der Waals surface area contributed by atoms with Gasteiger partial charge in [0.05, 0.1) is 6.20 Å². The van der Waals surface area contributed by atoms with Crippen LogP contribution in [-0.4, -0.2) is 16.7 Å². The second-order valence-corrected chi connectivity index (χ2v) is 4.88. The number of nitrogens with one attached hydrogen (secondary N) is 1. The number of aryl methyl sites for hydroxylation is 1. The quantitative estimate of drug-likeness (QED) is 0.862. The van der Waals surface area contributed by atoms with Crippen LogP contribution in [0.5, 0.6) is 0 Å². The van der Waals surface area contributed by atoms with Crippen LogP contribution >= 0.6 is 0 Å². The Morgan fingerprint density at radius 3 is 2.79 bits per heavy atom. The fourth-order valence-electron chi connectivity index (χ4n) is 2.21. The molecule has 0 saturated heterocycles. The molecule has 1 N–H and O–H groups in total. The Bertz CT molecular complexity index is 496. The molecular weight excluding hydrogens is 234 g/mol. The average Bonchev–Trinajstić information content (AvgIpc) is 2.44. The first-order chi connectivity index (χ1) is 9.29. The van der Waals surface area contributed by atoms with Gasteiger partial charge in [-0.15, -0.1) is 0 Å². The molecule has 2 aromatic rings. The lowest BCUT2D eigenvalue weighted by Gasteiger charge is -2.18. The van der Waals surface area contributed by atoms with Crippen molar-refractivity contribution in [3.8, 4) is 0 Å². The zero-order chi connectivity index (χ0) is 13.5. The van der Waals surface area contributed by atoms with Gasteiger partial charge in [0, 0.05) is 12.2 Å². The van der Waals surface area contributed by atoms with Crippen molar-refractivity contribution in [2.45, 2.75) is 32.7 Å². The van der Waals surface area contributed by atoms with Crippen molar-refractivity contribution >= 4 is 0 Å². The lowest BCUT2D eigenvalue weighted by atomic mass is 9.99. The van der Waals surface area contributed by atoms with Gasteiger partial charge in [-0.1, -0.05) is 36.8 Å². The molecule has 0 saturated carbocycles. The standard InChI is InChI=1S/C16H21N3/c1-3-8-17-16(15-7-9-18-19-12-15)11-14-6-4-5-13(2)10-14/h4-7,9-10,12,16-17H,3,8,11H2,1-2H3. The Morgan fingerprint density at radius 2 is 2.11 bits per heavy atom. The highest BCUT2D eigenvalue weighted by atomic mass is 15.1. The first-order valence-electron chi connectivity index (χ1n) is 6.85. The van der Waals surface area contributed by atoms with Crippen LogP contribution < -0.4 is 5.32 Å². The summed E-state index contributed by atoms with van der Waals surface area (Å²) in [6.45, 7) is 5.33. The van der Waals surface area contributed by atoms with Crippen LogP contribution in [0.3, 0.4) is 0 Å². The van der Waals surface area contributed by atoms with Crippen molar-refractivity contribution < 1.29 is 0 Å². The summed E-state index contributed by atoms with van der Waals surface area (Å²) in [6.07, 6.45) is 5.71. The maximum atomic E-state index is 3.98. The highest BCUT2D eigenvalue weighted by Crippen LogP contribution is 2.18. The maximum absolute atomic E-state index is 3.98. The molecule has 0 aliphatic carbocycles. The monoisotopic (exact) mass is 255 g/mol. The zero-order valence-corrected chi connectivity index (χ0v) is 11.6. The lowest BCUT2D eigenvalue weighted by Crippen LogP contribution is -2.24. The molecule has 2 rings (SSSR count). The van der Waals surface area contributed by atoms with E-state index in [0.717, 1.165) is 19.4 Å². The summed E-state index contributed by atoms with van der Waals surface area (Å²) >= 11 is 0. The van der Waals surface area contributed by atoms with E-state index in [4.69, 9.17) is 0 Å². The van der Waals surface area contributed by atoms with E-state index in [1.165, 1.54) is 16.7 Å². The van der Waals surface area contributed by atoms with Gasteiger partial charge >= 0.3 is 0 Å². The molecule has 0 spiro atoms. The van der Waals surface area contributed by atoms with Crippen LogP contribution in [-0.2, 0) is 6.42 Å². The summed E-state index contributed by atoms with van der Waals surface area (Å²) in [7, 11) is 0. The SMILES string of the molecule is CCCNC(Cc1cccc(C)c1)c1ccnnc1. The molecule has 100 valence electrons. The summed E-state index contributed by atoms with van der Waals surface area (Å²) in [5.41, 5.74) is 3.86. The minimum absolute atomic E-state index is 0.303. The van der Waals surface area contributed by atoms with Crippen molar-refractivity contribution in [2.75, 3.05) is 6.54 Å². The Morgan fingerprint density at radius 1 is 1.21 bits per heavy atom. The molecule has 3 nitrogen and oxygen atoms in total. The van der Waals surface area contributed by atoms with Gasteiger partial charge in [-0.2, -0.15) is 10.2 Å². The second kappa shape index (κ2) is 7.00. The second-order valence-electron chi connectivity index (χ2n) is 4.88. The Balaban J connectivity index is 2.14. The third-order valence-electron chi connectivity index (χ3n) is 3.17. The first kappa shape index (κ1) is 13.7. The van der Waals surface area contributed by atoms with E-state index < -0.39 is 0 Å². The molecule has 0 aliphatic rings. The van der Waals surface area contributed by atoms with Crippen molar-refractivity contribution in [3.05, 3.63) is 59.4 Å². The van der Waals surface area contributed by atoms with Gasteiger partial charge in [-0.25, -0.2) is 0 Å². The number of nitrogens with zero attached hydrogens (tertiary/aromatic N) is 2. The van der Waals surface area contributed by atoms with E-state index in [9.17, 15) is 0 Å². The minimum atomic E-state index is 0.303. The molecule has 1 aromatic carbocycles. The number of hydrogen-bond donors (Lipinski definition) is 1. The van der Waals surface area contributed by atoms with E-state index in [1.54, 1.807) is 6.20 Å². The van der Waals surface area contributed by atoms with Crippen LogP contribution in [0, 0.1) is 6.92 Å². The van der Waals surface area contributed by atoms with Crippen LogP contribution in [0.1, 0.15) is 36.1 Å². The van der Waals surface area contributed by atoms with Crippen molar-refractivity contribution in [1.82, 2.24) is 15.5 Å². The van der Waals surface area contributed by atoms with Crippen LogP contribution in [0.4, 0.5) is 0 Å². The highest BCUT2D eigenvalue weighted by molar-refractivity contribution is 5.25. The molecule has 1 aromatic heterocycles. The van der Waals surface area contributed by atoms with Crippen LogP contribution in [0.15, 0.2) is 42.7 Å². The third-order valence-corrected chi connectivity index (χ3v) is 3.17. The molecule has 3 heteroatoms. The number of rotatable bonds is 6. The molecule has 0 fully saturated rings. The van der Waals surface area contributed by atoms with E-state index in [1.807, 2.05) is 12.3 Å². The molecule has 0 bridgehead atoms. The minimum Gasteiger partial charge on any atom is -0.310 e. The van der Waals surface area contributed by atoms with Gasteiger partial charge in [-0.05, 0) is 43.5 Å². The summed E-state index contributed by atoms with van der Waals surface area (Å²) < 4.78 is 0. The average molecular weight is 255 g/mol. The van der Waals surface area contributed by atoms with Gasteiger partial charge in [0.1, 0.15) is 0 Å². The third kappa shape index (κ3) is 4.14. The largest absolute Gasteiger partial charge is 0.310 e. The zero-order valence-electron chi connectivity index (χ0n) is 11.6. The van der Waals surface area contributed by atoms with Gasteiger partial charge in [0.25, 0.3) is 0 Å². The molecule has 19 heavy (non-hydrogen) atoms. The maximum Gasteiger partial charge on any atom is 0.0544 e. The molecule has 1 heterocycles. The number of hydrogen-bond acceptors (Lipinski definition) is 3. The predicted octanol–water partition coefficient (Wildman–Crippen LogP) is 3.07. The molecular formula is C16H21N3. The van der Waals surface area contributed by atoms with Gasteiger partial charge < -0.3 is 5.32 Å². The molecule has 0 aliphatic heterocycles. The molecule has 1 unspecified atom stereocenters. The van der Waals surface area contributed by atoms with Gasteiger partial charge in [-0.3, -0.25) is 0 Å². The normalized spacial score (nSPS) is 12.3. The number of benzene rings is 1. The van der Waals surface area contributed by atoms with Crippen LogP contribution in [0.2, 0.25) is 0 Å². The van der Waals surface area contributed by atoms with Gasteiger partial charge in [0.15, 0.2) is 0 Å². The summed E-state index contributed by atoms with van der Waals surface area (Å²) in [5, 5.41) is 11.4. The topological polar surface area (TPSA) is 37.8 Å². The van der Waals surface area contributed by atoms with Crippen molar-refractivity contribution in [1.29, 1.82) is 0 Å². The summed E-state index contributed by atoms with van der Waals surface area (Å²) in [6, 6.07) is 11.0. The molecule has 0 radical (unpaired) electrons. The summed E-state index contributed by atoms with van der Waals surface area (Å²) in [4.78, 5) is 0. The number of aromatic nitrogens is 2. The summed E-state index contributed by atoms with van der Waals surface area (Å²) in [5.74, 6) is 0. The molecule has 0 amide bonds. The van der Waals surface area contributed by atoms with Crippen molar-refractivity contribution in [2.24, 2.45) is 0 Å². The fraction of sp³-hybridized carbons (Fsp3) is 0.375. The highest BCUT2D eigenvalue weighted by Gasteiger charge is 2.11. The predicted molar refractivity (Wildman–Crippen MR) is 77.9 cm³/mol. The van der Waals surface area contributed by atoms with Crippen LogP contribution in [0.25, 0.3) is 0 Å². The van der Waals surface area contributed by atoms with E-state index in [2.05, 4.69) is 53.6 Å². The van der Waals surface area contributed by atoms with E-state index in [-0.39, 0.29) is 0 Å². The first-order valence-corrected chi connectivity index (χ1v) is 6.85. The van der Waals surface area contributed by atoms with E-state index >= 15 is 0 Å². The smallest absolute Gasteiger partial charge is 0.0544 e. The fourth-order valence-corrected chi connectivity index (χ4v) is 2.21. The lowest BCUT2D eigenvalue weighted by molar-refractivity contribution is 0.526. The van der Waals surface area contributed by atoms with Gasteiger partial charge in [0.2, 0.25) is 0 Å². The Labute approximate surface area is 115 Å². The van der Waals surface area contributed by atoms with E-state index in [0.29, 0.717) is 6.04 Å². The Kier molecular flexibility index (Phi) is 5.04. The van der Waals surface area contributed by atoms with Crippen molar-refractivity contribution in [3.63, 3.8) is 0 Å². The Hall–Kier alpha value is -1.74. The molecule has 1 atom stereocenters.